The fraction of sp³-hybridized carbons (Fsp3) is 0.188. The molecule has 24 heavy (non-hydrogen) atoms. The third-order valence-corrected chi connectivity index (χ3v) is 4.59. The van der Waals surface area contributed by atoms with Crippen molar-refractivity contribution in [3.8, 4) is 0 Å². The number of benzene rings is 1. The van der Waals surface area contributed by atoms with Crippen molar-refractivity contribution in [2.45, 2.75) is 13.8 Å². The highest BCUT2D eigenvalue weighted by molar-refractivity contribution is 7.18. The van der Waals surface area contributed by atoms with Gasteiger partial charge in [-0.25, -0.2) is 4.79 Å². The van der Waals surface area contributed by atoms with Gasteiger partial charge < -0.3 is 15.4 Å². The minimum Gasteiger partial charge on any atom is -0.465 e. The number of amides is 2. The second-order valence-corrected chi connectivity index (χ2v) is 6.35. The van der Waals surface area contributed by atoms with Gasteiger partial charge in [-0.15, -0.1) is 11.3 Å². The van der Waals surface area contributed by atoms with Crippen LogP contribution in [0.2, 0.25) is 5.02 Å². The zero-order valence-electron chi connectivity index (χ0n) is 13.2. The molecule has 2 aromatic rings. The van der Waals surface area contributed by atoms with E-state index < -0.39 is 5.97 Å². The van der Waals surface area contributed by atoms with Crippen LogP contribution in [-0.4, -0.2) is 24.9 Å². The fourth-order valence-corrected chi connectivity index (χ4v) is 3.31. The molecular formula is C16H15ClN2O4S. The maximum absolute atomic E-state index is 12.5. The molecule has 0 unspecified atom stereocenters. The first-order valence-electron chi connectivity index (χ1n) is 6.89. The van der Waals surface area contributed by atoms with Gasteiger partial charge in [-0.1, -0.05) is 11.6 Å². The summed E-state index contributed by atoms with van der Waals surface area (Å²) in [4.78, 5) is 36.1. The van der Waals surface area contributed by atoms with Crippen molar-refractivity contribution in [2.75, 3.05) is 17.7 Å². The van der Waals surface area contributed by atoms with Gasteiger partial charge >= 0.3 is 5.97 Å². The van der Waals surface area contributed by atoms with E-state index in [9.17, 15) is 14.4 Å². The molecule has 8 heteroatoms. The van der Waals surface area contributed by atoms with Crippen molar-refractivity contribution in [3.05, 3.63) is 45.3 Å². The predicted octanol–water partition coefficient (Wildman–Crippen LogP) is 3.71. The van der Waals surface area contributed by atoms with E-state index >= 15 is 0 Å². The molecule has 0 aliphatic heterocycles. The van der Waals surface area contributed by atoms with Crippen LogP contribution in [-0.2, 0) is 9.53 Å². The van der Waals surface area contributed by atoms with E-state index in [1.807, 2.05) is 0 Å². The lowest BCUT2D eigenvalue weighted by molar-refractivity contribution is -0.114. The van der Waals surface area contributed by atoms with Gasteiger partial charge in [-0.05, 0) is 36.8 Å². The summed E-state index contributed by atoms with van der Waals surface area (Å²) < 4.78 is 4.73. The second-order valence-electron chi connectivity index (χ2n) is 4.89. The lowest BCUT2D eigenvalue weighted by Crippen LogP contribution is -2.12. The van der Waals surface area contributed by atoms with Crippen LogP contribution < -0.4 is 10.6 Å². The normalized spacial score (nSPS) is 10.2. The van der Waals surface area contributed by atoms with Crippen LogP contribution in [0.1, 0.15) is 32.5 Å². The molecule has 0 saturated carbocycles. The Morgan fingerprint density at radius 1 is 1.12 bits per heavy atom. The maximum Gasteiger partial charge on any atom is 0.341 e. The smallest absolute Gasteiger partial charge is 0.341 e. The molecule has 0 aliphatic rings. The fourth-order valence-electron chi connectivity index (χ4n) is 2.05. The van der Waals surface area contributed by atoms with Crippen LogP contribution in [0.25, 0.3) is 0 Å². The first-order chi connectivity index (χ1) is 11.3. The molecule has 6 nitrogen and oxygen atoms in total. The summed E-state index contributed by atoms with van der Waals surface area (Å²) in [6.45, 7) is 2.95. The first-order valence-corrected chi connectivity index (χ1v) is 8.09. The Morgan fingerprint density at radius 3 is 2.29 bits per heavy atom. The Hall–Kier alpha value is -2.38. The Kier molecular flexibility index (Phi) is 5.58. The third kappa shape index (κ3) is 3.93. The number of methoxy groups -OCH3 is 1. The Morgan fingerprint density at radius 2 is 1.75 bits per heavy atom. The molecule has 0 fully saturated rings. The summed E-state index contributed by atoms with van der Waals surface area (Å²) in [6.07, 6.45) is 0. The molecule has 0 aliphatic carbocycles. The summed E-state index contributed by atoms with van der Waals surface area (Å²) in [6, 6.07) is 6.64. The van der Waals surface area contributed by atoms with Gasteiger partial charge in [0.2, 0.25) is 5.91 Å². The molecule has 2 rings (SSSR count). The standard InChI is InChI=1S/C16H15ClN2O4S/c1-8-12(16(22)23-3)15(18-9(2)20)24-13(8)14(21)19-11-6-4-10(17)5-7-11/h4-7H,1-3H3,(H,18,20)(H,19,21). The van der Waals surface area contributed by atoms with Crippen molar-refractivity contribution in [2.24, 2.45) is 0 Å². The van der Waals surface area contributed by atoms with Gasteiger partial charge in [-0.3, -0.25) is 9.59 Å². The highest BCUT2D eigenvalue weighted by atomic mass is 35.5. The van der Waals surface area contributed by atoms with Gasteiger partial charge in [0.25, 0.3) is 5.91 Å². The van der Waals surface area contributed by atoms with E-state index in [0.717, 1.165) is 11.3 Å². The van der Waals surface area contributed by atoms with Gasteiger partial charge in [0, 0.05) is 17.6 Å². The van der Waals surface area contributed by atoms with Crippen molar-refractivity contribution in [3.63, 3.8) is 0 Å². The van der Waals surface area contributed by atoms with Gasteiger partial charge in [0.15, 0.2) is 0 Å². The molecule has 0 bridgehead atoms. The van der Waals surface area contributed by atoms with E-state index in [4.69, 9.17) is 16.3 Å². The van der Waals surface area contributed by atoms with Crippen LogP contribution in [0.3, 0.4) is 0 Å². The topological polar surface area (TPSA) is 84.5 Å². The molecule has 126 valence electrons. The van der Waals surface area contributed by atoms with Gasteiger partial charge in [0.05, 0.1) is 17.6 Å². The Bertz CT molecular complexity index is 799. The number of carbonyl (C=O) groups excluding carboxylic acids is 3. The number of ether oxygens (including phenoxy) is 1. The monoisotopic (exact) mass is 366 g/mol. The van der Waals surface area contributed by atoms with E-state index in [1.165, 1.54) is 14.0 Å². The number of esters is 1. The average Bonchev–Trinajstić information content (AvgIpc) is 2.84. The maximum atomic E-state index is 12.5. The van der Waals surface area contributed by atoms with Crippen molar-refractivity contribution >= 4 is 51.4 Å². The highest BCUT2D eigenvalue weighted by Gasteiger charge is 2.25. The van der Waals surface area contributed by atoms with E-state index in [1.54, 1.807) is 31.2 Å². The molecule has 2 amide bonds. The SMILES string of the molecule is COC(=O)c1c(NC(C)=O)sc(C(=O)Nc2ccc(Cl)cc2)c1C. The van der Waals surface area contributed by atoms with E-state index in [-0.39, 0.29) is 22.4 Å². The van der Waals surface area contributed by atoms with Crippen LogP contribution in [0, 0.1) is 6.92 Å². The van der Waals surface area contributed by atoms with Crippen LogP contribution in [0.5, 0.6) is 0 Å². The molecule has 2 N–H and O–H groups in total. The number of hydrogen-bond donors (Lipinski definition) is 2. The van der Waals surface area contributed by atoms with Crippen LogP contribution in [0.15, 0.2) is 24.3 Å². The van der Waals surface area contributed by atoms with Crippen molar-refractivity contribution in [1.82, 2.24) is 0 Å². The number of nitrogens with one attached hydrogen (secondary N) is 2. The summed E-state index contributed by atoms with van der Waals surface area (Å²) in [5.74, 6) is -1.34. The largest absolute Gasteiger partial charge is 0.465 e. The number of carbonyl (C=O) groups is 3. The quantitative estimate of drug-likeness (QED) is 0.808. The summed E-state index contributed by atoms with van der Waals surface area (Å²) in [5, 5.41) is 6.12. The molecule has 0 atom stereocenters. The minimum atomic E-state index is -0.613. The molecule has 1 heterocycles. The highest BCUT2D eigenvalue weighted by Crippen LogP contribution is 2.34. The molecule has 0 radical (unpaired) electrons. The van der Waals surface area contributed by atoms with Crippen molar-refractivity contribution < 1.29 is 19.1 Å². The van der Waals surface area contributed by atoms with E-state index in [2.05, 4.69) is 10.6 Å². The Labute approximate surface area is 147 Å². The molecular weight excluding hydrogens is 352 g/mol. The average molecular weight is 367 g/mol. The van der Waals surface area contributed by atoms with E-state index in [0.29, 0.717) is 21.2 Å². The number of rotatable bonds is 4. The van der Waals surface area contributed by atoms with Crippen molar-refractivity contribution in [1.29, 1.82) is 0 Å². The zero-order valence-corrected chi connectivity index (χ0v) is 14.8. The predicted molar refractivity (Wildman–Crippen MR) is 94.1 cm³/mol. The lowest BCUT2D eigenvalue weighted by atomic mass is 10.1. The molecule has 0 spiro atoms. The lowest BCUT2D eigenvalue weighted by Gasteiger charge is -2.05. The number of thiophene rings is 1. The summed E-state index contributed by atoms with van der Waals surface area (Å²) in [5.41, 5.74) is 1.19. The molecule has 1 aromatic heterocycles. The van der Waals surface area contributed by atoms with Gasteiger partial charge in [-0.2, -0.15) is 0 Å². The second kappa shape index (κ2) is 7.46. The van der Waals surface area contributed by atoms with Crippen LogP contribution in [0.4, 0.5) is 10.7 Å². The summed E-state index contributed by atoms with van der Waals surface area (Å²) >= 11 is 6.83. The number of hydrogen-bond acceptors (Lipinski definition) is 5. The van der Waals surface area contributed by atoms with Gasteiger partial charge in [0.1, 0.15) is 5.00 Å². The first kappa shape index (κ1) is 18.0. The number of halogens is 1. The zero-order chi connectivity index (χ0) is 17.9. The van der Waals surface area contributed by atoms with Crippen LogP contribution >= 0.6 is 22.9 Å². The minimum absolute atomic E-state index is 0.180. The number of anilines is 2. The Balaban J connectivity index is 2.36. The molecule has 0 saturated heterocycles. The third-order valence-electron chi connectivity index (χ3n) is 3.13. The molecule has 1 aromatic carbocycles. The summed E-state index contributed by atoms with van der Waals surface area (Å²) in [7, 11) is 1.24.